The van der Waals surface area contributed by atoms with E-state index in [0.717, 1.165) is 6.54 Å². The fraction of sp³-hybridized carbons (Fsp3) is 0.462. The van der Waals surface area contributed by atoms with Gasteiger partial charge in [-0.3, -0.25) is 4.68 Å². The van der Waals surface area contributed by atoms with Crippen LogP contribution < -0.4 is 14.8 Å². The molecule has 0 aromatic carbocycles. The number of hydrogen-bond donors (Lipinski definition) is 1. The van der Waals surface area contributed by atoms with Gasteiger partial charge in [-0.25, -0.2) is 4.98 Å². The van der Waals surface area contributed by atoms with Crippen LogP contribution in [-0.2, 0) is 0 Å². The second-order valence-corrected chi connectivity index (χ2v) is 4.44. The molecule has 0 bridgehead atoms. The van der Waals surface area contributed by atoms with Crippen molar-refractivity contribution in [2.45, 2.75) is 26.8 Å². The highest BCUT2D eigenvalue weighted by Gasteiger charge is 2.14. The Bertz CT molecular complexity index is 568. The molecular weight excluding hydrogens is 258 g/mol. The largest absolute Gasteiger partial charge is 0.489 e. The van der Waals surface area contributed by atoms with Crippen molar-refractivity contribution in [2.24, 2.45) is 0 Å². The normalized spacial score (nSPS) is 10.7. The Morgan fingerprint density at radius 3 is 2.75 bits per heavy atom. The molecule has 7 nitrogen and oxygen atoms in total. The third-order valence-electron chi connectivity index (χ3n) is 2.64. The van der Waals surface area contributed by atoms with Crippen LogP contribution in [0.25, 0.3) is 0 Å². The number of anilines is 1. The van der Waals surface area contributed by atoms with E-state index in [0.29, 0.717) is 23.2 Å². The zero-order chi connectivity index (χ0) is 14.5. The number of nitrogens with one attached hydrogen (secondary N) is 1. The van der Waals surface area contributed by atoms with Crippen LogP contribution in [0.4, 0.5) is 5.82 Å². The van der Waals surface area contributed by atoms with E-state index in [4.69, 9.17) is 9.47 Å². The highest BCUT2D eigenvalue weighted by molar-refractivity contribution is 5.55. The average molecular weight is 277 g/mol. The molecule has 0 atom stereocenters. The van der Waals surface area contributed by atoms with Gasteiger partial charge in [-0.15, -0.1) is 0 Å². The lowest BCUT2D eigenvalue weighted by Crippen LogP contribution is -2.04. The quantitative estimate of drug-likeness (QED) is 0.874. The summed E-state index contributed by atoms with van der Waals surface area (Å²) in [5.74, 6) is 2.06. The number of methoxy groups -OCH3 is 1. The lowest BCUT2D eigenvalue weighted by molar-refractivity contribution is 0.368. The minimum atomic E-state index is 0.275. The van der Waals surface area contributed by atoms with E-state index in [1.165, 1.54) is 6.33 Å². The molecule has 2 aromatic heterocycles. The number of ether oxygens (including phenoxy) is 2. The predicted octanol–water partition coefficient (Wildman–Crippen LogP) is 2.49. The van der Waals surface area contributed by atoms with Gasteiger partial charge in [0.05, 0.1) is 19.5 Å². The van der Waals surface area contributed by atoms with Crippen molar-refractivity contribution < 1.29 is 9.47 Å². The van der Waals surface area contributed by atoms with Crippen molar-refractivity contribution >= 4 is 5.82 Å². The third-order valence-corrected chi connectivity index (χ3v) is 2.64. The van der Waals surface area contributed by atoms with Crippen molar-refractivity contribution in [3.05, 3.63) is 18.7 Å². The van der Waals surface area contributed by atoms with Crippen molar-refractivity contribution in [1.82, 2.24) is 19.7 Å². The Morgan fingerprint density at radius 1 is 1.35 bits per heavy atom. The van der Waals surface area contributed by atoms with Gasteiger partial charge in [0.15, 0.2) is 11.6 Å². The molecule has 108 valence electrons. The molecule has 2 rings (SSSR count). The first kappa shape index (κ1) is 14.1. The summed E-state index contributed by atoms with van der Waals surface area (Å²) < 4.78 is 12.8. The molecule has 0 aliphatic heterocycles. The van der Waals surface area contributed by atoms with E-state index in [2.05, 4.69) is 20.4 Å². The zero-order valence-electron chi connectivity index (χ0n) is 12.1. The van der Waals surface area contributed by atoms with Crippen LogP contribution in [0.2, 0.25) is 0 Å². The molecule has 2 aromatic rings. The summed E-state index contributed by atoms with van der Waals surface area (Å²) in [6, 6.07) is 0.275. The monoisotopic (exact) mass is 277 g/mol. The molecule has 1 N–H and O–H groups in total. The van der Waals surface area contributed by atoms with Gasteiger partial charge in [-0.05, 0) is 20.8 Å². The topological polar surface area (TPSA) is 74.1 Å². The van der Waals surface area contributed by atoms with Gasteiger partial charge in [-0.1, -0.05) is 0 Å². The summed E-state index contributed by atoms with van der Waals surface area (Å²) >= 11 is 0. The smallest absolute Gasteiger partial charge is 0.268 e. The van der Waals surface area contributed by atoms with Gasteiger partial charge < -0.3 is 14.8 Å². The van der Waals surface area contributed by atoms with Gasteiger partial charge >= 0.3 is 0 Å². The van der Waals surface area contributed by atoms with Crippen LogP contribution in [0.15, 0.2) is 18.7 Å². The maximum Gasteiger partial charge on any atom is 0.268 e. The lowest BCUT2D eigenvalue weighted by Gasteiger charge is -2.11. The number of rotatable bonds is 6. The first-order valence-electron chi connectivity index (χ1n) is 6.50. The van der Waals surface area contributed by atoms with Crippen LogP contribution in [0.3, 0.4) is 0 Å². The molecule has 0 fully saturated rings. The Labute approximate surface area is 118 Å². The van der Waals surface area contributed by atoms with Crippen LogP contribution in [0, 0.1) is 0 Å². The van der Waals surface area contributed by atoms with Gasteiger partial charge in [0, 0.05) is 12.6 Å². The van der Waals surface area contributed by atoms with Gasteiger partial charge in [0.2, 0.25) is 5.75 Å². The van der Waals surface area contributed by atoms with Crippen molar-refractivity contribution in [2.75, 3.05) is 19.0 Å². The summed E-state index contributed by atoms with van der Waals surface area (Å²) in [5, 5.41) is 7.32. The number of aromatic nitrogens is 4. The number of nitrogens with zero attached hydrogens (tertiary/aromatic N) is 4. The van der Waals surface area contributed by atoms with E-state index in [1.807, 2.05) is 31.6 Å². The standard InChI is InChI=1S/C13H19N5O2/c1-5-14-12-11(19-4)13(16-8-15-12)20-10-6-17-18(7-10)9(2)3/h6-9H,5H2,1-4H3,(H,14,15,16). The van der Waals surface area contributed by atoms with E-state index in [9.17, 15) is 0 Å². The van der Waals surface area contributed by atoms with Crippen molar-refractivity contribution in [3.63, 3.8) is 0 Å². The maximum atomic E-state index is 5.72. The Morgan fingerprint density at radius 2 is 2.15 bits per heavy atom. The predicted molar refractivity (Wildman–Crippen MR) is 75.4 cm³/mol. The molecular formula is C13H19N5O2. The lowest BCUT2D eigenvalue weighted by atomic mass is 10.4. The molecule has 2 heterocycles. The molecule has 20 heavy (non-hydrogen) atoms. The van der Waals surface area contributed by atoms with Crippen LogP contribution in [-0.4, -0.2) is 33.4 Å². The molecule has 0 aliphatic carbocycles. The summed E-state index contributed by atoms with van der Waals surface area (Å²) in [6.07, 6.45) is 4.90. The summed E-state index contributed by atoms with van der Waals surface area (Å²) in [4.78, 5) is 8.23. The third kappa shape index (κ3) is 2.98. The van der Waals surface area contributed by atoms with Gasteiger partial charge in [-0.2, -0.15) is 10.1 Å². The van der Waals surface area contributed by atoms with E-state index in [1.54, 1.807) is 13.3 Å². The molecule has 7 heteroatoms. The minimum Gasteiger partial charge on any atom is -0.489 e. The fourth-order valence-corrected chi connectivity index (χ4v) is 1.67. The Hall–Kier alpha value is -2.31. The van der Waals surface area contributed by atoms with Crippen LogP contribution in [0.5, 0.6) is 17.4 Å². The fourth-order valence-electron chi connectivity index (χ4n) is 1.67. The van der Waals surface area contributed by atoms with E-state index in [-0.39, 0.29) is 6.04 Å². The van der Waals surface area contributed by atoms with Crippen molar-refractivity contribution in [3.8, 4) is 17.4 Å². The zero-order valence-corrected chi connectivity index (χ0v) is 12.1. The molecule has 0 amide bonds. The first-order chi connectivity index (χ1) is 9.65. The molecule has 0 saturated heterocycles. The second-order valence-electron chi connectivity index (χ2n) is 4.44. The summed E-state index contributed by atoms with van der Waals surface area (Å²) in [7, 11) is 1.56. The highest BCUT2D eigenvalue weighted by Crippen LogP contribution is 2.33. The number of hydrogen-bond acceptors (Lipinski definition) is 6. The van der Waals surface area contributed by atoms with Crippen LogP contribution in [0.1, 0.15) is 26.8 Å². The highest BCUT2D eigenvalue weighted by atomic mass is 16.5. The SMILES string of the molecule is CCNc1ncnc(Oc2cnn(C(C)C)c2)c1OC. The second kappa shape index (κ2) is 6.23. The maximum absolute atomic E-state index is 5.72. The van der Waals surface area contributed by atoms with E-state index >= 15 is 0 Å². The Kier molecular flexibility index (Phi) is 4.39. The summed E-state index contributed by atoms with van der Waals surface area (Å²) in [5.41, 5.74) is 0. The first-order valence-corrected chi connectivity index (χ1v) is 6.50. The van der Waals surface area contributed by atoms with Gasteiger partial charge in [0.1, 0.15) is 6.33 Å². The van der Waals surface area contributed by atoms with Crippen LogP contribution >= 0.6 is 0 Å². The molecule has 0 spiro atoms. The molecule has 0 aliphatic rings. The molecule has 0 saturated carbocycles. The summed E-state index contributed by atoms with van der Waals surface area (Å²) in [6.45, 7) is 6.81. The van der Waals surface area contributed by atoms with Gasteiger partial charge in [0.25, 0.3) is 5.88 Å². The average Bonchev–Trinajstić information content (AvgIpc) is 2.88. The molecule has 0 radical (unpaired) electrons. The minimum absolute atomic E-state index is 0.275. The van der Waals surface area contributed by atoms with E-state index < -0.39 is 0 Å². The van der Waals surface area contributed by atoms with Crippen molar-refractivity contribution in [1.29, 1.82) is 0 Å². The molecule has 0 unspecified atom stereocenters. The Balaban J connectivity index is 2.25.